The van der Waals surface area contributed by atoms with Crippen LogP contribution in [-0.2, 0) is 24.7 Å². The highest BCUT2D eigenvalue weighted by Gasteiger charge is 2.31. The quantitative estimate of drug-likeness (QED) is 0.640. The van der Waals surface area contributed by atoms with Gasteiger partial charge in [0.25, 0.3) is 0 Å². The smallest absolute Gasteiger partial charge is 0.244 e. The van der Waals surface area contributed by atoms with Crippen LogP contribution in [0.2, 0.25) is 0 Å². The largest absolute Gasteiger partial charge is 0.486 e. The Morgan fingerprint density at radius 2 is 1.53 bits per heavy atom. The number of rotatable bonds is 7. The molecule has 1 amide bonds. The van der Waals surface area contributed by atoms with Crippen LogP contribution in [0, 0.1) is 0 Å². The van der Waals surface area contributed by atoms with E-state index in [0.717, 1.165) is 16.8 Å². The number of ether oxygens (including phenoxy) is 2. The molecule has 1 N–H and O–H groups in total. The zero-order chi connectivity index (χ0) is 23.7. The number of fused-ring (bicyclic) bond motifs is 1. The molecule has 3 rings (SSSR count). The van der Waals surface area contributed by atoms with E-state index in [0.29, 0.717) is 30.3 Å². The third-order valence-electron chi connectivity index (χ3n) is 5.04. The zero-order valence-electron chi connectivity index (χ0n) is 18.2. The molecule has 0 fully saturated rings. The average Bonchev–Trinajstić information content (AvgIpc) is 2.72. The summed E-state index contributed by atoms with van der Waals surface area (Å²) in [5.41, 5.74) is 0.966. The Labute approximate surface area is 188 Å². The van der Waals surface area contributed by atoms with Crippen molar-refractivity contribution in [1.82, 2.24) is 5.32 Å². The monoisotopic (exact) mass is 482 g/mol. The summed E-state index contributed by atoms with van der Waals surface area (Å²) in [6, 6.07) is 9.34. The van der Waals surface area contributed by atoms with Crippen LogP contribution in [0.15, 0.2) is 47.4 Å². The van der Waals surface area contributed by atoms with Gasteiger partial charge in [0.15, 0.2) is 21.3 Å². The van der Waals surface area contributed by atoms with Crippen molar-refractivity contribution in [3.05, 3.63) is 48.0 Å². The van der Waals surface area contributed by atoms with Crippen LogP contribution < -0.4 is 19.1 Å². The van der Waals surface area contributed by atoms with Crippen molar-refractivity contribution in [2.75, 3.05) is 30.0 Å². The molecule has 0 spiro atoms. The Balaban J connectivity index is 1.81. The molecule has 11 heteroatoms. The highest BCUT2D eigenvalue weighted by atomic mass is 32.2. The first-order valence-electron chi connectivity index (χ1n) is 9.87. The van der Waals surface area contributed by atoms with E-state index in [1.165, 1.54) is 25.1 Å². The lowest BCUT2D eigenvalue weighted by atomic mass is 10.1. The van der Waals surface area contributed by atoms with E-state index in [-0.39, 0.29) is 10.6 Å². The molecule has 9 nitrogen and oxygen atoms in total. The number of nitrogens with one attached hydrogen (secondary N) is 1. The molecule has 0 unspecified atom stereocenters. The van der Waals surface area contributed by atoms with E-state index >= 15 is 0 Å². The minimum atomic E-state index is -3.80. The lowest BCUT2D eigenvalue weighted by molar-refractivity contribution is -0.122. The van der Waals surface area contributed by atoms with Crippen molar-refractivity contribution in [1.29, 1.82) is 0 Å². The van der Waals surface area contributed by atoms with Gasteiger partial charge in [-0.15, -0.1) is 0 Å². The molecular weight excluding hydrogens is 456 g/mol. The van der Waals surface area contributed by atoms with Crippen molar-refractivity contribution in [2.45, 2.75) is 30.8 Å². The SMILES string of the molecule is C[C@H](NC(=O)[C@@H](C)N(c1ccc2c(c1)OCCO2)S(C)(=O)=O)c1ccc(S(C)(=O)=O)cc1. The van der Waals surface area contributed by atoms with Gasteiger partial charge in [-0.1, -0.05) is 12.1 Å². The second-order valence-corrected chi connectivity index (χ2v) is 11.5. The van der Waals surface area contributed by atoms with E-state index in [1.54, 1.807) is 31.2 Å². The molecule has 2 atom stereocenters. The van der Waals surface area contributed by atoms with Gasteiger partial charge in [0.2, 0.25) is 15.9 Å². The number of carbonyl (C=O) groups is 1. The van der Waals surface area contributed by atoms with Gasteiger partial charge in [-0.25, -0.2) is 16.8 Å². The molecular formula is C21H26N2O7S2. The fourth-order valence-electron chi connectivity index (χ4n) is 3.40. The molecule has 1 aliphatic rings. The van der Waals surface area contributed by atoms with Gasteiger partial charge in [0.05, 0.1) is 22.9 Å². The van der Waals surface area contributed by atoms with Crippen LogP contribution in [0.1, 0.15) is 25.5 Å². The number of anilines is 1. The van der Waals surface area contributed by atoms with Crippen molar-refractivity contribution in [3.8, 4) is 11.5 Å². The standard InChI is InChI=1S/C21H26N2O7S2/c1-14(16-5-8-18(9-6-16)31(3,25)26)22-21(24)15(2)23(32(4,27)28)17-7-10-19-20(13-17)30-12-11-29-19/h5-10,13-15H,11-12H2,1-4H3,(H,22,24)/t14-,15+/m0/s1. The summed E-state index contributed by atoms with van der Waals surface area (Å²) in [6.45, 7) is 3.98. The van der Waals surface area contributed by atoms with Crippen LogP contribution in [-0.4, -0.2) is 54.5 Å². The van der Waals surface area contributed by atoms with E-state index in [1.807, 2.05) is 0 Å². The molecule has 0 saturated heterocycles. The first-order chi connectivity index (χ1) is 14.9. The molecule has 32 heavy (non-hydrogen) atoms. The molecule has 1 aliphatic heterocycles. The van der Waals surface area contributed by atoms with Crippen molar-refractivity contribution in [3.63, 3.8) is 0 Å². The Morgan fingerprint density at radius 3 is 2.09 bits per heavy atom. The number of sulfone groups is 1. The second-order valence-electron chi connectivity index (χ2n) is 7.63. The fourth-order valence-corrected chi connectivity index (χ4v) is 5.20. The maximum atomic E-state index is 12.9. The van der Waals surface area contributed by atoms with E-state index < -0.39 is 37.9 Å². The summed E-state index contributed by atoms with van der Waals surface area (Å²) in [7, 11) is -7.13. The molecule has 174 valence electrons. The van der Waals surface area contributed by atoms with Gasteiger partial charge in [0.1, 0.15) is 19.3 Å². The first kappa shape index (κ1) is 23.9. The molecule has 0 aliphatic carbocycles. The summed E-state index contributed by atoms with van der Waals surface area (Å²) in [5, 5.41) is 2.79. The average molecular weight is 483 g/mol. The molecule has 1 heterocycles. The maximum Gasteiger partial charge on any atom is 0.244 e. The minimum Gasteiger partial charge on any atom is -0.486 e. The summed E-state index contributed by atoms with van der Waals surface area (Å²) in [5.74, 6) is 0.413. The van der Waals surface area contributed by atoms with Crippen molar-refractivity contribution < 1.29 is 31.1 Å². The summed E-state index contributed by atoms with van der Waals surface area (Å²) >= 11 is 0. The van der Waals surface area contributed by atoms with E-state index in [4.69, 9.17) is 9.47 Å². The molecule has 0 aromatic heterocycles. The summed E-state index contributed by atoms with van der Waals surface area (Å²) in [6.07, 6.45) is 2.15. The molecule has 2 aromatic rings. The third-order valence-corrected chi connectivity index (χ3v) is 7.41. The Hall–Kier alpha value is -2.79. The van der Waals surface area contributed by atoms with Gasteiger partial charge in [-0.05, 0) is 43.7 Å². The lowest BCUT2D eigenvalue weighted by Crippen LogP contribution is -2.48. The number of sulfonamides is 1. The minimum absolute atomic E-state index is 0.176. The fraction of sp³-hybridized carbons (Fsp3) is 0.381. The van der Waals surface area contributed by atoms with Gasteiger partial charge in [-0.3, -0.25) is 9.10 Å². The Bertz CT molecular complexity index is 1210. The Morgan fingerprint density at radius 1 is 0.938 bits per heavy atom. The number of nitrogens with zero attached hydrogens (tertiary/aromatic N) is 1. The lowest BCUT2D eigenvalue weighted by Gasteiger charge is -2.30. The third kappa shape index (κ3) is 5.33. The maximum absolute atomic E-state index is 12.9. The van der Waals surface area contributed by atoms with E-state index in [9.17, 15) is 21.6 Å². The highest BCUT2D eigenvalue weighted by molar-refractivity contribution is 7.92. The molecule has 0 radical (unpaired) electrons. The zero-order valence-corrected chi connectivity index (χ0v) is 19.9. The Kier molecular flexibility index (Phi) is 6.70. The molecule has 2 aromatic carbocycles. The van der Waals surface area contributed by atoms with Crippen LogP contribution >= 0.6 is 0 Å². The summed E-state index contributed by atoms with van der Waals surface area (Å²) < 4.78 is 60.4. The normalized spacial score (nSPS) is 15.5. The number of carbonyl (C=O) groups excluding carboxylic acids is 1. The first-order valence-corrected chi connectivity index (χ1v) is 13.6. The number of benzene rings is 2. The summed E-state index contributed by atoms with van der Waals surface area (Å²) in [4.78, 5) is 13.1. The van der Waals surface area contributed by atoms with Crippen molar-refractivity contribution >= 4 is 31.5 Å². The van der Waals surface area contributed by atoms with Gasteiger partial charge in [0, 0.05) is 12.3 Å². The van der Waals surface area contributed by atoms with Crippen LogP contribution in [0.3, 0.4) is 0 Å². The number of amides is 1. The topological polar surface area (TPSA) is 119 Å². The molecule has 0 bridgehead atoms. The van der Waals surface area contributed by atoms with Gasteiger partial charge in [-0.2, -0.15) is 0 Å². The number of hydrogen-bond donors (Lipinski definition) is 1. The van der Waals surface area contributed by atoms with Gasteiger partial charge < -0.3 is 14.8 Å². The van der Waals surface area contributed by atoms with E-state index in [2.05, 4.69) is 5.32 Å². The van der Waals surface area contributed by atoms with Crippen LogP contribution in [0.25, 0.3) is 0 Å². The molecule has 0 saturated carbocycles. The van der Waals surface area contributed by atoms with Gasteiger partial charge >= 0.3 is 0 Å². The van der Waals surface area contributed by atoms with Crippen molar-refractivity contribution in [2.24, 2.45) is 0 Å². The predicted octanol–water partition coefficient (Wildman–Crippen LogP) is 1.89. The van der Waals surface area contributed by atoms with Crippen LogP contribution in [0.5, 0.6) is 11.5 Å². The predicted molar refractivity (Wildman–Crippen MR) is 120 cm³/mol. The number of hydrogen-bond acceptors (Lipinski definition) is 7. The van der Waals surface area contributed by atoms with Crippen LogP contribution in [0.4, 0.5) is 5.69 Å². The second kappa shape index (κ2) is 8.99. The highest BCUT2D eigenvalue weighted by Crippen LogP contribution is 2.35.